The number of aromatic nitrogens is 3. The Morgan fingerprint density at radius 3 is 2.40 bits per heavy atom. The van der Waals surface area contributed by atoms with Crippen LogP contribution in [-0.2, 0) is 5.41 Å². The molecule has 0 fully saturated rings. The monoisotopic (exact) mass is 453 g/mol. The predicted molar refractivity (Wildman–Crippen MR) is 140 cm³/mol. The third-order valence-electron chi connectivity index (χ3n) is 7.58. The largest absolute Gasteiger partial charge is 0.456 e. The van der Waals surface area contributed by atoms with E-state index in [-0.39, 0.29) is 5.41 Å². The van der Waals surface area contributed by atoms with E-state index in [0.717, 1.165) is 34.4 Å². The molecular weight excluding hydrogens is 430 g/mol. The summed E-state index contributed by atoms with van der Waals surface area (Å²) in [6.45, 7) is 4.59. The van der Waals surface area contributed by atoms with Gasteiger partial charge in [-0.1, -0.05) is 56.3 Å². The number of benzene rings is 3. The first kappa shape index (κ1) is 20.1. The van der Waals surface area contributed by atoms with Gasteiger partial charge < -0.3 is 4.42 Å². The lowest BCUT2D eigenvalue weighted by Crippen LogP contribution is -2.19. The minimum Gasteiger partial charge on any atom is -0.456 e. The van der Waals surface area contributed by atoms with Gasteiger partial charge in [0.05, 0.1) is 5.69 Å². The standard InChI is InChI=1S/C31H23N3O/c1-3-31(2)25-14-11-19(30-33-17-20(18-34-30)26-9-6-7-15-32-26)16-24(25)22-12-13-23-21-8-4-5-10-27(21)35-29(23)28(22)31/h4-18H,3H2,1-2H3. The minimum atomic E-state index is -0.125. The second kappa shape index (κ2) is 7.34. The van der Waals surface area contributed by atoms with Gasteiger partial charge in [-0.05, 0) is 53.4 Å². The normalized spacial score (nSPS) is 16.5. The SMILES string of the molecule is CCC1(C)c2ccc(-c3ncc(-c4ccccn4)cn3)cc2-c2ccc3c(oc4ccccc43)c21. The molecule has 3 aromatic carbocycles. The fraction of sp³-hybridized carbons (Fsp3) is 0.129. The highest BCUT2D eigenvalue weighted by molar-refractivity contribution is 6.09. The molecular formula is C31H23N3O. The van der Waals surface area contributed by atoms with Crippen LogP contribution < -0.4 is 0 Å². The number of hydrogen-bond donors (Lipinski definition) is 0. The second-order valence-corrected chi connectivity index (χ2v) is 9.42. The molecule has 0 N–H and O–H groups in total. The van der Waals surface area contributed by atoms with Crippen molar-refractivity contribution in [2.75, 3.05) is 0 Å². The fourth-order valence-electron chi connectivity index (χ4n) is 5.59. The molecule has 0 radical (unpaired) electrons. The minimum absolute atomic E-state index is 0.125. The van der Waals surface area contributed by atoms with Gasteiger partial charge >= 0.3 is 0 Å². The van der Waals surface area contributed by atoms with E-state index < -0.39 is 0 Å². The maximum atomic E-state index is 6.46. The van der Waals surface area contributed by atoms with Crippen molar-refractivity contribution in [2.45, 2.75) is 25.7 Å². The molecule has 3 aromatic heterocycles. The number of para-hydroxylation sites is 1. The Morgan fingerprint density at radius 2 is 1.60 bits per heavy atom. The molecule has 6 aromatic rings. The van der Waals surface area contributed by atoms with Crippen molar-refractivity contribution in [3.05, 3.63) is 103 Å². The van der Waals surface area contributed by atoms with Crippen molar-refractivity contribution in [3.63, 3.8) is 0 Å². The van der Waals surface area contributed by atoms with Gasteiger partial charge in [-0.2, -0.15) is 0 Å². The van der Waals surface area contributed by atoms with Gasteiger partial charge in [0.15, 0.2) is 5.82 Å². The first-order valence-electron chi connectivity index (χ1n) is 12.0. The summed E-state index contributed by atoms with van der Waals surface area (Å²) in [4.78, 5) is 13.7. The lowest BCUT2D eigenvalue weighted by Gasteiger charge is -2.25. The molecule has 0 aliphatic heterocycles. The molecule has 1 unspecified atom stereocenters. The summed E-state index contributed by atoms with van der Waals surface area (Å²) in [5.74, 6) is 0.712. The Kier molecular flexibility index (Phi) is 4.22. The van der Waals surface area contributed by atoms with Gasteiger partial charge in [0.2, 0.25) is 0 Å². The van der Waals surface area contributed by atoms with Crippen LogP contribution in [0, 0.1) is 0 Å². The summed E-state index contributed by atoms with van der Waals surface area (Å²) >= 11 is 0. The van der Waals surface area contributed by atoms with Crippen LogP contribution in [0.1, 0.15) is 31.4 Å². The maximum Gasteiger partial charge on any atom is 0.159 e. The molecule has 168 valence electrons. The zero-order valence-corrected chi connectivity index (χ0v) is 19.6. The van der Waals surface area contributed by atoms with Crippen molar-refractivity contribution in [2.24, 2.45) is 0 Å². The van der Waals surface area contributed by atoms with E-state index in [2.05, 4.69) is 77.3 Å². The predicted octanol–water partition coefficient (Wildman–Crippen LogP) is 7.80. The number of furan rings is 1. The molecule has 0 saturated heterocycles. The van der Waals surface area contributed by atoms with Gasteiger partial charge in [0, 0.05) is 51.5 Å². The highest BCUT2D eigenvalue weighted by atomic mass is 16.3. The molecule has 0 bridgehead atoms. The van der Waals surface area contributed by atoms with Gasteiger partial charge in [0.25, 0.3) is 0 Å². The number of pyridine rings is 1. The van der Waals surface area contributed by atoms with Crippen molar-refractivity contribution < 1.29 is 4.42 Å². The molecule has 3 heterocycles. The smallest absolute Gasteiger partial charge is 0.159 e. The van der Waals surface area contributed by atoms with E-state index in [1.807, 2.05) is 36.7 Å². The quantitative estimate of drug-likeness (QED) is 0.274. The van der Waals surface area contributed by atoms with Gasteiger partial charge in [-0.25, -0.2) is 9.97 Å². The second-order valence-electron chi connectivity index (χ2n) is 9.42. The van der Waals surface area contributed by atoms with Crippen LogP contribution in [0.4, 0.5) is 0 Å². The van der Waals surface area contributed by atoms with Crippen molar-refractivity contribution in [3.8, 4) is 33.8 Å². The number of nitrogens with zero attached hydrogens (tertiary/aromatic N) is 3. The summed E-state index contributed by atoms with van der Waals surface area (Å²) in [6.07, 6.45) is 6.46. The van der Waals surface area contributed by atoms with E-state index in [9.17, 15) is 0 Å². The van der Waals surface area contributed by atoms with E-state index in [1.165, 1.54) is 33.0 Å². The topological polar surface area (TPSA) is 51.8 Å². The first-order valence-corrected chi connectivity index (χ1v) is 12.0. The molecule has 1 atom stereocenters. The Morgan fingerprint density at radius 1 is 0.771 bits per heavy atom. The van der Waals surface area contributed by atoms with Crippen LogP contribution in [0.2, 0.25) is 0 Å². The summed E-state index contributed by atoms with van der Waals surface area (Å²) in [5.41, 5.74) is 9.69. The van der Waals surface area contributed by atoms with Crippen LogP contribution >= 0.6 is 0 Å². The van der Waals surface area contributed by atoms with Crippen LogP contribution in [-0.4, -0.2) is 15.0 Å². The van der Waals surface area contributed by atoms with E-state index in [1.54, 1.807) is 6.20 Å². The molecule has 4 nitrogen and oxygen atoms in total. The number of fused-ring (bicyclic) bond motifs is 7. The average Bonchev–Trinajstić information content (AvgIpc) is 3.42. The molecule has 0 saturated carbocycles. The van der Waals surface area contributed by atoms with Gasteiger partial charge in [-0.15, -0.1) is 0 Å². The lowest BCUT2D eigenvalue weighted by atomic mass is 9.77. The van der Waals surface area contributed by atoms with Crippen molar-refractivity contribution in [1.29, 1.82) is 0 Å². The average molecular weight is 454 g/mol. The van der Waals surface area contributed by atoms with Crippen LogP contribution in [0.15, 0.2) is 95.8 Å². The van der Waals surface area contributed by atoms with Crippen LogP contribution in [0.25, 0.3) is 55.7 Å². The van der Waals surface area contributed by atoms with Crippen molar-refractivity contribution in [1.82, 2.24) is 15.0 Å². The Labute approximate surface area is 203 Å². The van der Waals surface area contributed by atoms with E-state index >= 15 is 0 Å². The van der Waals surface area contributed by atoms with Crippen molar-refractivity contribution >= 4 is 21.9 Å². The molecule has 4 heteroatoms. The first-order chi connectivity index (χ1) is 17.2. The Balaban J connectivity index is 1.39. The van der Waals surface area contributed by atoms with Crippen LogP contribution in [0.5, 0.6) is 0 Å². The highest BCUT2D eigenvalue weighted by Gasteiger charge is 2.41. The third-order valence-corrected chi connectivity index (χ3v) is 7.58. The zero-order valence-electron chi connectivity index (χ0n) is 19.6. The summed E-state index contributed by atoms with van der Waals surface area (Å²) < 4.78 is 6.46. The molecule has 1 aliphatic rings. The lowest BCUT2D eigenvalue weighted by molar-refractivity contribution is 0.553. The number of rotatable bonds is 3. The summed E-state index contributed by atoms with van der Waals surface area (Å²) in [5, 5.41) is 2.35. The molecule has 0 spiro atoms. The van der Waals surface area contributed by atoms with Crippen LogP contribution in [0.3, 0.4) is 0 Å². The third kappa shape index (κ3) is 2.83. The zero-order chi connectivity index (χ0) is 23.6. The molecule has 1 aliphatic carbocycles. The maximum absolute atomic E-state index is 6.46. The summed E-state index contributed by atoms with van der Waals surface area (Å²) in [6, 6.07) is 25.2. The highest BCUT2D eigenvalue weighted by Crippen LogP contribution is 2.54. The van der Waals surface area contributed by atoms with E-state index in [0.29, 0.717) is 5.82 Å². The molecule has 7 rings (SSSR count). The van der Waals surface area contributed by atoms with Gasteiger partial charge in [-0.3, -0.25) is 4.98 Å². The Hall–Kier alpha value is -4.31. The molecule has 0 amide bonds. The summed E-state index contributed by atoms with van der Waals surface area (Å²) in [7, 11) is 0. The molecule has 35 heavy (non-hydrogen) atoms. The fourth-order valence-corrected chi connectivity index (χ4v) is 5.59. The van der Waals surface area contributed by atoms with E-state index in [4.69, 9.17) is 4.42 Å². The Bertz CT molecular complexity index is 1740. The van der Waals surface area contributed by atoms with Gasteiger partial charge in [0.1, 0.15) is 11.2 Å². The number of hydrogen-bond acceptors (Lipinski definition) is 4.